The molecule has 0 heterocycles. The van der Waals surface area contributed by atoms with Gasteiger partial charge in [-0.15, -0.1) is 0 Å². The minimum Gasteiger partial charge on any atom is -0.465 e. The molecule has 0 aliphatic carbocycles. The molecule has 0 atom stereocenters. The third-order valence-electron chi connectivity index (χ3n) is 3.03. The minimum absolute atomic E-state index is 0.324. The number of hydrogen-bond acceptors (Lipinski definition) is 3. The van der Waals surface area contributed by atoms with Gasteiger partial charge in [0.05, 0.1) is 12.7 Å². The second-order valence-corrected chi connectivity index (χ2v) is 5.42. The summed E-state index contributed by atoms with van der Waals surface area (Å²) in [6.07, 6.45) is 0. The molecule has 3 nitrogen and oxygen atoms in total. The normalized spacial score (nSPS) is 10.2. The van der Waals surface area contributed by atoms with Crippen LogP contribution in [0.1, 0.15) is 21.5 Å². The van der Waals surface area contributed by atoms with E-state index in [-0.39, 0.29) is 5.97 Å². The number of methoxy groups -OCH3 is 1. The van der Waals surface area contributed by atoms with Gasteiger partial charge in [0.2, 0.25) is 0 Å². The lowest BCUT2D eigenvalue weighted by molar-refractivity contribution is 0.0601. The summed E-state index contributed by atoms with van der Waals surface area (Å²) in [6.45, 7) is 2.70. The van der Waals surface area contributed by atoms with Gasteiger partial charge in [-0.05, 0) is 42.3 Å². The van der Waals surface area contributed by atoms with E-state index in [0.717, 1.165) is 15.7 Å². The topological polar surface area (TPSA) is 38.3 Å². The van der Waals surface area contributed by atoms with Crippen LogP contribution < -0.4 is 5.32 Å². The summed E-state index contributed by atoms with van der Waals surface area (Å²) in [5.74, 6) is -0.324. The highest BCUT2D eigenvalue weighted by Gasteiger charge is 2.07. The number of esters is 1. The van der Waals surface area contributed by atoms with E-state index < -0.39 is 0 Å². The van der Waals surface area contributed by atoms with E-state index in [9.17, 15) is 4.79 Å². The van der Waals surface area contributed by atoms with Gasteiger partial charge in [-0.25, -0.2) is 4.79 Å². The SMILES string of the molecule is COC(=O)c1ccc(C)c(NCc2cccc(Br)c2)c1. The average Bonchev–Trinajstić information content (AvgIpc) is 2.45. The lowest BCUT2D eigenvalue weighted by Gasteiger charge is -2.11. The Morgan fingerprint density at radius 2 is 2.05 bits per heavy atom. The van der Waals surface area contributed by atoms with Crippen molar-refractivity contribution >= 4 is 27.6 Å². The number of hydrogen-bond donors (Lipinski definition) is 1. The number of rotatable bonds is 4. The largest absolute Gasteiger partial charge is 0.465 e. The van der Waals surface area contributed by atoms with Crippen LogP contribution in [-0.2, 0) is 11.3 Å². The first-order valence-corrected chi connectivity index (χ1v) is 7.06. The Morgan fingerprint density at radius 1 is 1.25 bits per heavy atom. The maximum Gasteiger partial charge on any atom is 0.337 e. The molecular weight excluding hydrogens is 318 g/mol. The van der Waals surface area contributed by atoms with Crippen molar-refractivity contribution in [3.05, 3.63) is 63.6 Å². The molecule has 2 aromatic carbocycles. The molecule has 0 aromatic heterocycles. The predicted octanol–water partition coefficient (Wildman–Crippen LogP) is 4.16. The van der Waals surface area contributed by atoms with Crippen molar-refractivity contribution in [3.8, 4) is 0 Å². The van der Waals surface area contributed by atoms with E-state index in [1.165, 1.54) is 12.7 Å². The number of carbonyl (C=O) groups is 1. The first-order valence-electron chi connectivity index (χ1n) is 6.27. The second-order valence-electron chi connectivity index (χ2n) is 4.50. The lowest BCUT2D eigenvalue weighted by Crippen LogP contribution is -2.05. The van der Waals surface area contributed by atoms with Gasteiger partial charge in [0, 0.05) is 16.7 Å². The van der Waals surface area contributed by atoms with E-state index in [1.807, 2.05) is 31.2 Å². The molecule has 0 fully saturated rings. The van der Waals surface area contributed by atoms with E-state index >= 15 is 0 Å². The zero-order valence-corrected chi connectivity index (χ0v) is 13.0. The number of carbonyl (C=O) groups excluding carboxylic acids is 1. The number of nitrogens with one attached hydrogen (secondary N) is 1. The van der Waals surface area contributed by atoms with Gasteiger partial charge in [0.15, 0.2) is 0 Å². The number of aryl methyl sites for hydroxylation is 1. The molecule has 0 spiro atoms. The smallest absolute Gasteiger partial charge is 0.337 e. The Kier molecular flexibility index (Phi) is 4.79. The van der Waals surface area contributed by atoms with Crippen LogP contribution in [0.4, 0.5) is 5.69 Å². The molecule has 2 aromatic rings. The molecule has 2 rings (SSSR count). The summed E-state index contributed by atoms with van der Waals surface area (Å²) in [5, 5.41) is 3.35. The van der Waals surface area contributed by atoms with E-state index in [2.05, 4.69) is 33.4 Å². The molecule has 0 amide bonds. The van der Waals surface area contributed by atoms with E-state index in [1.54, 1.807) is 6.07 Å². The molecule has 1 N–H and O–H groups in total. The van der Waals surface area contributed by atoms with Gasteiger partial charge in [0.25, 0.3) is 0 Å². The monoisotopic (exact) mass is 333 g/mol. The fraction of sp³-hybridized carbons (Fsp3) is 0.188. The summed E-state index contributed by atoms with van der Waals surface area (Å²) >= 11 is 3.45. The van der Waals surface area contributed by atoms with Crippen LogP contribution in [0, 0.1) is 6.92 Å². The van der Waals surface area contributed by atoms with Crippen LogP contribution in [0.3, 0.4) is 0 Å². The molecule has 0 bridgehead atoms. The molecular formula is C16H16BrNO2. The Bertz CT molecular complexity index is 626. The Balaban J connectivity index is 2.14. The van der Waals surface area contributed by atoms with Crippen LogP contribution in [0.15, 0.2) is 46.9 Å². The van der Waals surface area contributed by atoms with E-state index in [4.69, 9.17) is 4.74 Å². The first-order chi connectivity index (χ1) is 9.60. The van der Waals surface area contributed by atoms with Crippen molar-refractivity contribution in [1.29, 1.82) is 0 Å². The Labute approximate surface area is 127 Å². The Morgan fingerprint density at radius 3 is 2.75 bits per heavy atom. The molecule has 20 heavy (non-hydrogen) atoms. The quantitative estimate of drug-likeness (QED) is 0.854. The maximum absolute atomic E-state index is 11.5. The zero-order chi connectivity index (χ0) is 14.5. The number of ether oxygens (including phenoxy) is 1. The molecule has 4 heteroatoms. The van der Waals surface area contributed by atoms with Crippen molar-refractivity contribution in [1.82, 2.24) is 0 Å². The number of benzene rings is 2. The molecule has 0 aliphatic rings. The Hall–Kier alpha value is -1.81. The van der Waals surface area contributed by atoms with Crippen LogP contribution in [0.2, 0.25) is 0 Å². The molecule has 0 radical (unpaired) electrons. The fourth-order valence-electron chi connectivity index (χ4n) is 1.90. The molecule has 0 aliphatic heterocycles. The second kappa shape index (κ2) is 6.57. The van der Waals surface area contributed by atoms with Gasteiger partial charge >= 0.3 is 5.97 Å². The van der Waals surface area contributed by atoms with Gasteiger partial charge < -0.3 is 10.1 Å². The lowest BCUT2D eigenvalue weighted by atomic mass is 10.1. The molecule has 0 saturated carbocycles. The van der Waals surface area contributed by atoms with Gasteiger partial charge in [-0.3, -0.25) is 0 Å². The van der Waals surface area contributed by atoms with Gasteiger partial charge in [-0.2, -0.15) is 0 Å². The number of anilines is 1. The molecule has 0 saturated heterocycles. The highest BCUT2D eigenvalue weighted by atomic mass is 79.9. The standard InChI is InChI=1S/C16H16BrNO2/c1-11-6-7-13(16(19)20-2)9-15(11)18-10-12-4-3-5-14(17)8-12/h3-9,18H,10H2,1-2H3. The predicted molar refractivity (Wildman–Crippen MR) is 84.0 cm³/mol. The van der Waals surface area contributed by atoms with Crippen LogP contribution >= 0.6 is 15.9 Å². The zero-order valence-electron chi connectivity index (χ0n) is 11.4. The van der Waals surface area contributed by atoms with Crippen molar-refractivity contribution in [2.75, 3.05) is 12.4 Å². The summed E-state index contributed by atoms with van der Waals surface area (Å²) in [6, 6.07) is 13.6. The van der Waals surface area contributed by atoms with Crippen molar-refractivity contribution < 1.29 is 9.53 Å². The highest BCUT2D eigenvalue weighted by Crippen LogP contribution is 2.19. The maximum atomic E-state index is 11.5. The van der Waals surface area contributed by atoms with Gasteiger partial charge in [0.1, 0.15) is 0 Å². The fourth-order valence-corrected chi connectivity index (χ4v) is 2.35. The van der Waals surface area contributed by atoms with Crippen molar-refractivity contribution in [2.45, 2.75) is 13.5 Å². The summed E-state index contributed by atoms with van der Waals surface area (Å²) in [7, 11) is 1.39. The van der Waals surface area contributed by atoms with Crippen LogP contribution in [0.5, 0.6) is 0 Å². The van der Waals surface area contributed by atoms with Gasteiger partial charge in [-0.1, -0.05) is 34.1 Å². The van der Waals surface area contributed by atoms with Crippen LogP contribution in [-0.4, -0.2) is 13.1 Å². The summed E-state index contributed by atoms with van der Waals surface area (Å²) < 4.78 is 5.79. The first kappa shape index (κ1) is 14.6. The highest BCUT2D eigenvalue weighted by molar-refractivity contribution is 9.10. The summed E-state index contributed by atoms with van der Waals surface area (Å²) in [4.78, 5) is 11.5. The molecule has 104 valence electrons. The number of halogens is 1. The average molecular weight is 334 g/mol. The summed E-state index contributed by atoms with van der Waals surface area (Å²) in [5.41, 5.74) is 3.75. The van der Waals surface area contributed by atoms with Crippen LogP contribution in [0.25, 0.3) is 0 Å². The van der Waals surface area contributed by atoms with Crippen molar-refractivity contribution in [3.63, 3.8) is 0 Å². The molecule has 0 unspecified atom stereocenters. The van der Waals surface area contributed by atoms with E-state index in [0.29, 0.717) is 12.1 Å². The third-order valence-corrected chi connectivity index (χ3v) is 3.52. The van der Waals surface area contributed by atoms with Crippen molar-refractivity contribution in [2.24, 2.45) is 0 Å². The minimum atomic E-state index is -0.324. The third kappa shape index (κ3) is 3.61.